The quantitative estimate of drug-likeness (QED) is 0.851. The lowest BCUT2D eigenvalue weighted by molar-refractivity contribution is 0.0925. The molecular weight excluding hydrogens is 298 g/mol. The topological polar surface area (TPSA) is 58.4 Å². The Balaban J connectivity index is 1.85. The number of hydrogen-bond donors (Lipinski definition) is 2. The number of nitrogens with two attached hydrogens (primary N) is 1. The number of amides is 1. The van der Waals surface area contributed by atoms with E-state index in [-0.39, 0.29) is 18.1 Å². The van der Waals surface area contributed by atoms with Crippen molar-refractivity contribution in [3.05, 3.63) is 64.2 Å². The molecule has 0 radical (unpaired) electrons. The lowest BCUT2D eigenvalue weighted by atomic mass is 9.90. The van der Waals surface area contributed by atoms with E-state index in [2.05, 4.69) is 10.2 Å². The molecule has 4 nitrogen and oxygen atoms in total. The van der Waals surface area contributed by atoms with Crippen molar-refractivity contribution in [2.45, 2.75) is 18.6 Å². The van der Waals surface area contributed by atoms with E-state index >= 15 is 0 Å². The Morgan fingerprint density at radius 2 is 1.95 bits per heavy atom. The van der Waals surface area contributed by atoms with E-state index in [9.17, 15) is 4.79 Å². The maximum absolute atomic E-state index is 12.5. The lowest BCUT2D eigenvalue weighted by Crippen LogP contribution is -2.49. The number of anilines is 1. The Hall–Kier alpha value is -2.04. The van der Waals surface area contributed by atoms with E-state index in [4.69, 9.17) is 17.3 Å². The van der Waals surface area contributed by atoms with Crippen LogP contribution in [0.15, 0.2) is 42.5 Å². The average molecular weight is 314 g/mol. The predicted molar refractivity (Wildman–Crippen MR) is 87.0 cm³/mol. The Morgan fingerprint density at radius 3 is 2.73 bits per heavy atom. The van der Waals surface area contributed by atoms with Crippen LogP contribution in [0.4, 0.5) is 5.69 Å². The minimum Gasteiger partial charge on any atom is -0.346 e. The number of hydrogen-bond acceptors (Lipinski definition) is 3. The van der Waals surface area contributed by atoms with Crippen LogP contribution in [-0.2, 0) is 0 Å². The van der Waals surface area contributed by atoms with Crippen LogP contribution >= 0.6 is 11.6 Å². The van der Waals surface area contributed by atoms with Gasteiger partial charge in [-0.2, -0.15) is 0 Å². The molecule has 3 N–H and O–H groups in total. The second kappa shape index (κ2) is 5.00. The number of carbonyl (C=O) groups is 1. The molecule has 112 valence electrons. The van der Waals surface area contributed by atoms with Gasteiger partial charge in [-0.25, -0.2) is 0 Å². The van der Waals surface area contributed by atoms with Crippen molar-refractivity contribution in [2.75, 3.05) is 11.4 Å². The van der Waals surface area contributed by atoms with Crippen molar-refractivity contribution in [2.24, 2.45) is 5.73 Å². The lowest BCUT2D eigenvalue weighted by Gasteiger charge is -2.44. The number of nitrogens with one attached hydrogen (secondary N) is 1. The first-order valence-electron chi connectivity index (χ1n) is 7.36. The van der Waals surface area contributed by atoms with Crippen molar-refractivity contribution >= 4 is 23.2 Å². The summed E-state index contributed by atoms with van der Waals surface area (Å²) in [7, 11) is 0. The van der Waals surface area contributed by atoms with Crippen molar-refractivity contribution < 1.29 is 4.79 Å². The first-order valence-corrected chi connectivity index (χ1v) is 7.74. The molecule has 2 aromatic rings. The van der Waals surface area contributed by atoms with Gasteiger partial charge in [0, 0.05) is 17.6 Å². The van der Waals surface area contributed by atoms with Gasteiger partial charge in [-0.05, 0) is 35.7 Å². The van der Waals surface area contributed by atoms with E-state index in [0.29, 0.717) is 10.6 Å². The fourth-order valence-corrected chi connectivity index (χ4v) is 3.48. The summed E-state index contributed by atoms with van der Waals surface area (Å²) in [5.74, 6) is -0.0536. The Labute approximate surface area is 133 Å². The highest BCUT2D eigenvalue weighted by molar-refractivity contribution is 6.30. The molecule has 0 bridgehead atoms. The molecule has 2 heterocycles. The Kier molecular flexibility index (Phi) is 3.10. The number of carbonyl (C=O) groups excluding carboxylic acids is 1. The molecule has 0 unspecified atom stereocenters. The van der Waals surface area contributed by atoms with Gasteiger partial charge < -0.3 is 16.0 Å². The van der Waals surface area contributed by atoms with Gasteiger partial charge in [-0.3, -0.25) is 4.79 Å². The second-order valence-electron chi connectivity index (χ2n) is 5.76. The molecule has 0 fully saturated rings. The maximum Gasteiger partial charge on any atom is 0.255 e. The van der Waals surface area contributed by atoms with E-state index in [1.54, 1.807) is 0 Å². The first kappa shape index (κ1) is 13.6. The van der Waals surface area contributed by atoms with Gasteiger partial charge >= 0.3 is 0 Å². The fourth-order valence-electron chi connectivity index (χ4n) is 3.36. The highest BCUT2D eigenvalue weighted by atomic mass is 35.5. The smallest absolute Gasteiger partial charge is 0.255 e. The predicted octanol–water partition coefficient (Wildman–Crippen LogP) is 2.99. The van der Waals surface area contributed by atoms with E-state index < -0.39 is 0 Å². The van der Waals surface area contributed by atoms with Crippen LogP contribution in [-0.4, -0.2) is 12.5 Å². The van der Waals surface area contributed by atoms with Gasteiger partial charge in [0.25, 0.3) is 5.91 Å². The number of rotatable bonds is 1. The third-order valence-electron chi connectivity index (χ3n) is 4.44. The van der Waals surface area contributed by atoms with E-state index in [1.165, 1.54) is 0 Å². The number of nitrogens with zero attached hydrogens (tertiary/aromatic N) is 1. The summed E-state index contributed by atoms with van der Waals surface area (Å²) in [5, 5.41) is 3.78. The molecule has 0 saturated heterocycles. The summed E-state index contributed by atoms with van der Waals surface area (Å²) in [6, 6.07) is 13.4. The molecule has 2 aliphatic heterocycles. The van der Waals surface area contributed by atoms with Gasteiger partial charge in [0.1, 0.15) is 6.17 Å². The number of benzene rings is 2. The third-order valence-corrected chi connectivity index (χ3v) is 4.70. The molecule has 2 aliphatic rings. The van der Waals surface area contributed by atoms with Gasteiger partial charge in [-0.15, -0.1) is 0 Å². The van der Waals surface area contributed by atoms with Crippen LogP contribution in [0.2, 0.25) is 5.02 Å². The largest absolute Gasteiger partial charge is 0.346 e. The monoisotopic (exact) mass is 313 g/mol. The van der Waals surface area contributed by atoms with Gasteiger partial charge in [0.15, 0.2) is 0 Å². The van der Waals surface area contributed by atoms with Crippen LogP contribution in [0.1, 0.15) is 40.1 Å². The first-order chi connectivity index (χ1) is 10.6. The van der Waals surface area contributed by atoms with Crippen molar-refractivity contribution in [3.8, 4) is 0 Å². The van der Waals surface area contributed by atoms with Gasteiger partial charge in [-0.1, -0.05) is 35.9 Å². The summed E-state index contributed by atoms with van der Waals surface area (Å²) in [4.78, 5) is 14.7. The zero-order valence-corrected chi connectivity index (χ0v) is 12.7. The minimum absolute atomic E-state index is 0.0111. The molecule has 2 aromatic carbocycles. The highest BCUT2D eigenvalue weighted by Gasteiger charge is 2.36. The normalized spacial score (nSPS) is 23.0. The molecular formula is C17H16ClN3O. The standard InChI is InChI=1S/C17H16ClN3O/c18-11-6-4-10(5-7-11)16-20-17(22)13-3-1-2-12-14(19)8-9-21(16)15(12)13/h1-7,14,16H,8-9,19H2,(H,20,22)/t14-,16+/m1/s1. The number of halogens is 1. The van der Waals surface area contributed by atoms with Crippen molar-refractivity contribution in [1.29, 1.82) is 0 Å². The molecule has 5 heteroatoms. The Bertz CT molecular complexity index is 744. The minimum atomic E-state index is -0.175. The molecule has 1 amide bonds. The molecule has 22 heavy (non-hydrogen) atoms. The summed E-state index contributed by atoms with van der Waals surface area (Å²) >= 11 is 5.97. The van der Waals surface area contributed by atoms with Crippen LogP contribution in [0.3, 0.4) is 0 Å². The molecule has 4 rings (SSSR count). The average Bonchev–Trinajstić information content (AvgIpc) is 2.53. The zero-order chi connectivity index (χ0) is 15.3. The zero-order valence-electron chi connectivity index (χ0n) is 11.9. The molecule has 2 atom stereocenters. The van der Waals surface area contributed by atoms with Crippen LogP contribution in [0, 0.1) is 0 Å². The number of para-hydroxylation sites is 1. The highest BCUT2D eigenvalue weighted by Crippen LogP contribution is 2.42. The van der Waals surface area contributed by atoms with Crippen LogP contribution < -0.4 is 16.0 Å². The molecule has 0 aromatic heterocycles. The van der Waals surface area contributed by atoms with Gasteiger partial charge in [0.05, 0.1) is 11.3 Å². The van der Waals surface area contributed by atoms with E-state index in [1.807, 2.05) is 42.5 Å². The summed E-state index contributed by atoms with van der Waals surface area (Å²) in [6.45, 7) is 0.818. The molecule has 0 aliphatic carbocycles. The van der Waals surface area contributed by atoms with Crippen LogP contribution in [0.25, 0.3) is 0 Å². The summed E-state index contributed by atoms with van der Waals surface area (Å²) in [6.07, 6.45) is 0.696. The fraction of sp³-hybridized carbons (Fsp3) is 0.235. The van der Waals surface area contributed by atoms with E-state index in [0.717, 1.165) is 29.8 Å². The Morgan fingerprint density at radius 1 is 1.18 bits per heavy atom. The third kappa shape index (κ3) is 1.99. The summed E-state index contributed by atoms with van der Waals surface area (Å²) < 4.78 is 0. The summed E-state index contributed by atoms with van der Waals surface area (Å²) in [5.41, 5.74) is 9.99. The van der Waals surface area contributed by atoms with Crippen molar-refractivity contribution in [3.63, 3.8) is 0 Å². The van der Waals surface area contributed by atoms with Crippen molar-refractivity contribution in [1.82, 2.24) is 5.32 Å². The van der Waals surface area contributed by atoms with Crippen LogP contribution in [0.5, 0.6) is 0 Å². The molecule has 0 spiro atoms. The maximum atomic E-state index is 12.5. The molecule has 0 saturated carbocycles. The van der Waals surface area contributed by atoms with Gasteiger partial charge in [0.2, 0.25) is 0 Å². The SMILES string of the molecule is N[C@@H]1CCN2c3c(cccc31)C(=O)N[C@@H]2c1ccc(Cl)cc1. The second-order valence-corrected chi connectivity index (χ2v) is 6.20.